The molecule has 0 saturated heterocycles. The predicted octanol–water partition coefficient (Wildman–Crippen LogP) is 1.15. The van der Waals surface area contributed by atoms with E-state index in [1.54, 1.807) is 0 Å². The molecule has 0 spiro atoms. The van der Waals surface area contributed by atoms with E-state index in [0.717, 1.165) is 6.54 Å². The molecule has 0 saturated carbocycles. The molecular weight excluding hydrogens is 166 g/mol. The molecule has 1 aromatic heterocycles. The van der Waals surface area contributed by atoms with Gasteiger partial charge >= 0.3 is 5.97 Å². The van der Waals surface area contributed by atoms with Gasteiger partial charge in [-0.2, -0.15) is 0 Å². The zero-order valence-electron chi connectivity index (χ0n) is 7.73. The van der Waals surface area contributed by atoms with Crippen molar-refractivity contribution in [3.05, 3.63) is 30.1 Å². The van der Waals surface area contributed by atoms with E-state index >= 15 is 0 Å². The SMILES string of the molecule is Cc1cc[n+](CCCC(=O)O)cc1. The van der Waals surface area contributed by atoms with Gasteiger partial charge in [0.15, 0.2) is 12.4 Å². The van der Waals surface area contributed by atoms with E-state index in [4.69, 9.17) is 5.11 Å². The highest BCUT2D eigenvalue weighted by atomic mass is 16.4. The summed E-state index contributed by atoms with van der Waals surface area (Å²) in [6, 6.07) is 4.03. The van der Waals surface area contributed by atoms with Crippen LogP contribution in [0.2, 0.25) is 0 Å². The van der Waals surface area contributed by atoms with E-state index in [9.17, 15) is 4.79 Å². The maximum absolute atomic E-state index is 10.2. The molecule has 3 heteroatoms. The topological polar surface area (TPSA) is 41.2 Å². The number of aliphatic carboxylic acids is 1. The fourth-order valence-electron chi connectivity index (χ4n) is 1.09. The fraction of sp³-hybridized carbons (Fsp3) is 0.400. The lowest BCUT2D eigenvalue weighted by atomic mass is 10.3. The molecular formula is C10H14NO2+. The van der Waals surface area contributed by atoms with Gasteiger partial charge in [-0.05, 0) is 12.5 Å². The number of hydrogen-bond acceptors (Lipinski definition) is 1. The highest BCUT2D eigenvalue weighted by Gasteiger charge is 2.01. The molecule has 0 aliphatic rings. The van der Waals surface area contributed by atoms with Crippen LogP contribution in [0.1, 0.15) is 18.4 Å². The second-order valence-electron chi connectivity index (χ2n) is 3.11. The molecule has 0 fully saturated rings. The Morgan fingerprint density at radius 2 is 2.08 bits per heavy atom. The van der Waals surface area contributed by atoms with Crippen LogP contribution in [0.4, 0.5) is 0 Å². The summed E-state index contributed by atoms with van der Waals surface area (Å²) >= 11 is 0. The van der Waals surface area contributed by atoms with Crippen LogP contribution < -0.4 is 4.57 Å². The first-order valence-electron chi connectivity index (χ1n) is 4.36. The van der Waals surface area contributed by atoms with E-state index in [1.165, 1.54) is 5.56 Å². The Labute approximate surface area is 77.6 Å². The molecule has 13 heavy (non-hydrogen) atoms. The van der Waals surface area contributed by atoms with E-state index in [-0.39, 0.29) is 6.42 Å². The summed E-state index contributed by atoms with van der Waals surface area (Å²) in [7, 11) is 0. The smallest absolute Gasteiger partial charge is 0.303 e. The Hall–Kier alpha value is -1.38. The normalized spacial score (nSPS) is 9.92. The maximum Gasteiger partial charge on any atom is 0.303 e. The minimum Gasteiger partial charge on any atom is -0.481 e. The van der Waals surface area contributed by atoms with E-state index in [2.05, 4.69) is 0 Å². The summed E-state index contributed by atoms with van der Waals surface area (Å²) in [5, 5.41) is 8.43. The third-order valence-corrected chi connectivity index (χ3v) is 1.86. The molecule has 1 heterocycles. The number of nitrogens with zero attached hydrogens (tertiary/aromatic N) is 1. The monoisotopic (exact) mass is 180 g/mol. The Kier molecular flexibility index (Phi) is 3.43. The van der Waals surface area contributed by atoms with Crippen molar-refractivity contribution in [1.29, 1.82) is 0 Å². The summed E-state index contributed by atoms with van der Waals surface area (Å²) in [5.41, 5.74) is 1.22. The van der Waals surface area contributed by atoms with Gasteiger partial charge in [0, 0.05) is 18.6 Å². The minimum atomic E-state index is -0.729. The number of pyridine rings is 1. The standard InChI is InChI=1S/C10H13NO2/c1-9-4-7-11(8-5-9)6-2-3-10(12)13/h4-5,7-8H,2-3,6H2,1H3/p+1. The minimum absolute atomic E-state index is 0.237. The van der Waals surface area contributed by atoms with Crippen LogP contribution in [-0.4, -0.2) is 11.1 Å². The molecule has 0 unspecified atom stereocenters. The number of hydrogen-bond donors (Lipinski definition) is 1. The summed E-state index contributed by atoms with van der Waals surface area (Å²) in [4.78, 5) is 10.2. The van der Waals surface area contributed by atoms with Crippen LogP contribution >= 0.6 is 0 Å². The van der Waals surface area contributed by atoms with Crippen molar-refractivity contribution in [3.63, 3.8) is 0 Å². The molecule has 3 nitrogen and oxygen atoms in total. The number of carbonyl (C=O) groups is 1. The largest absolute Gasteiger partial charge is 0.481 e. The number of carboxylic acid groups (broad SMARTS) is 1. The first-order valence-corrected chi connectivity index (χ1v) is 4.36. The average molecular weight is 180 g/mol. The molecule has 0 aromatic carbocycles. The van der Waals surface area contributed by atoms with Crippen LogP contribution in [0, 0.1) is 6.92 Å². The fourth-order valence-corrected chi connectivity index (χ4v) is 1.09. The molecule has 0 radical (unpaired) electrons. The second kappa shape index (κ2) is 4.60. The summed E-state index contributed by atoms with van der Waals surface area (Å²) in [5.74, 6) is -0.729. The molecule has 0 amide bonds. The van der Waals surface area contributed by atoms with Crippen LogP contribution in [0.15, 0.2) is 24.5 Å². The van der Waals surface area contributed by atoms with Crippen LogP contribution in [0.25, 0.3) is 0 Å². The molecule has 0 aliphatic heterocycles. The first kappa shape index (κ1) is 9.71. The van der Waals surface area contributed by atoms with Crippen molar-refractivity contribution in [3.8, 4) is 0 Å². The lowest BCUT2D eigenvalue weighted by molar-refractivity contribution is -0.697. The Morgan fingerprint density at radius 3 is 2.62 bits per heavy atom. The Morgan fingerprint density at radius 1 is 1.46 bits per heavy atom. The van der Waals surface area contributed by atoms with Gasteiger partial charge in [-0.25, -0.2) is 4.57 Å². The quantitative estimate of drug-likeness (QED) is 0.706. The van der Waals surface area contributed by atoms with Crippen LogP contribution in [-0.2, 0) is 11.3 Å². The lowest BCUT2D eigenvalue weighted by Crippen LogP contribution is -2.32. The molecule has 0 atom stereocenters. The Bertz CT molecular complexity index is 279. The van der Waals surface area contributed by atoms with Crippen molar-refractivity contribution in [2.75, 3.05) is 0 Å². The summed E-state index contributed by atoms with van der Waals surface area (Å²) in [6.07, 6.45) is 4.86. The summed E-state index contributed by atoms with van der Waals surface area (Å²) in [6.45, 7) is 2.80. The maximum atomic E-state index is 10.2. The third kappa shape index (κ3) is 3.69. The lowest BCUT2D eigenvalue weighted by Gasteiger charge is -1.95. The van der Waals surface area contributed by atoms with Gasteiger partial charge in [-0.1, -0.05) is 0 Å². The third-order valence-electron chi connectivity index (χ3n) is 1.86. The van der Waals surface area contributed by atoms with Gasteiger partial charge in [0.1, 0.15) is 6.54 Å². The number of carboxylic acids is 1. The summed E-state index contributed by atoms with van der Waals surface area (Å²) < 4.78 is 2.00. The zero-order chi connectivity index (χ0) is 9.68. The molecule has 0 bridgehead atoms. The number of aryl methyl sites for hydroxylation is 2. The molecule has 70 valence electrons. The van der Waals surface area contributed by atoms with Crippen molar-refractivity contribution < 1.29 is 14.5 Å². The van der Waals surface area contributed by atoms with E-state index in [0.29, 0.717) is 6.42 Å². The van der Waals surface area contributed by atoms with Gasteiger partial charge in [-0.15, -0.1) is 0 Å². The predicted molar refractivity (Wildman–Crippen MR) is 48.2 cm³/mol. The van der Waals surface area contributed by atoms with Crippen molar-refractivity contribution in [2.24, 2.45) is 0 Å². The van der Waals surface area contributed by atoms with Gasteiger partial charge < -0.3 is 5.11 Å². The van der Waals surface area contributed by atoms with Crippen molar-refractivity contribution in [1.82, 2.24) is 0 Å². The molecule has 1 aromatic rings. The molecule has 1 rings (SSSR count). The number of aromatic nitrogens is 1. The highest BCUT2D eigenvalue weighted by Crippen LogP contribution is 1.92. The number of rotatable bonds is 4. The first-order chi connectivity index (χ1) is 6.18. The van der Waals surface area contributed by atoms with Crippen LogP contribution in [0.3, 0.4) is 0 Å². The van der Waals surface area contributed by atoms with Gasteiger partial charge in [0.2, 0.25) is 0 Å². The van der Waals surface area contributed by atoms with Crippen LogP contribution in [0.5, 0.6) is 0 Å². The van der Waals surface area contributed by atoms with Gasteiger partial charge in [0.05, 0.1) is 6.42 Å². The van der Waals surface area contributed by atoms with E-state index < -0.39 is 5.97 Å². The highest BCUT2D eigenvalue weighted by molar-refractivity contribution is 5.66. The molecule has 1 N–H and O–H groups in total. The molecule has 0 aliphatic carbocycles. The van der Waals surface area contributed by atoms with Crippen molar-refractivity contribution >= 4 is 5.97 Å². The van der Waals surface area contributed by atoms with Crippen molar-refractivity contribution in [2.45, 2.75) is 26.3 Å². The second-order valence-corrected chi connectivity index (χ2v) is 3.11. The van der Waals surface area contributed by atoms with Gasteiger partial charge in [0.25, 0.3) is 0 Å². The average Bonchev–Trinajstić information content (AvgIpc) is 2.08. The zero-order valence-corrected chi connectivity index (χ0v) is 7.73. The van der Waals surface area contributed by atoms with E-state index in [1.807, 2.05) is 36.0 Å². The van der Waals surface area contributed by atoms with Gasteiger partial charge in [-0.3, -0.25) is 4.79 Å². The Balaban J connectivity index is 2.37.